The Morgan fingerprint density at radius 2 is 2.06 bits per heavy atom. The van der Waals surface area contributed by atoms with Gasteiger partial charge in [-0.05, 0) is 18.1 Å². The van der Waals surface area contributed by atoms with Crippen LogP contribution in [0.5, 0.6) is 0 Å². The number of carbonyl (C=O) groups excluding carboxylic acids is 2. The van der Waals surface area contributed by atoms with Gasteiger partial charge in [-0.1, -0.05) is 24.3 Å². The molecule has 1 aromatic carbocycles. The fourth-order valence-corrected chi connectivity index (χ4v) is 1.27. The molecular weight excluding hydrogens is 225 g/mol. The maximum Gasteiger partial charge on any atom is 0.396 e. The van der Waals surface area contributed by atoms with Gasteiger partial charge in [-0.25, -0.2) is 9.18 Å². The Kier molecular flexibility index (Phi) is 5.13. The van der Waals surface area contributed by atoms with E-state index in [0.29, 0.717) is 5.56 Å². The van der Waals surface area contributed by atoms with Crippen molar-refractivity contribution in [3.8, 4) is 0 Å². The Morgan fingerprint density at radius 1 is 1.35 bits per heavy atom. The number of carbonyl (C=O) groups is 2. The molecule has 1 rings (SSSR count). The van der Waals surface area contributed by atoms with Crippen LogP contribution in [0.1, 0.15) is 18.1 Å². The van der Waals surface area contributed by atoms with Crippen molar-refractivity contribution in [2.75, 3.05) is 6.61 Å². The maximum absolute atomic E-state index is 12.4. The van der Waals surface area contributed by atoms with Crippen molar-refractivity contribution in [1.29, 1.82) is 0 Å². The van der Waals surface area contributed by atoms with Crippen molar-refractivity contribution < 1.29 is 18.7 Å². The summed E-state index contributed by atoms with van der Waals surface area (Å²) in [4.78, 5) is 22.2. The summed E-state index contributed by atoms with van der Waals surface area (Å²) in [5.41, 5.74) is 1.27. The van der Waals surface area contributed by atoms with Crippen LogP contribution in [0, 0.1) is 0 Å². The fraction of sp³-hybridized carbons (Fsp3) is 0.333. The van der Waals surface area contributed by atoms with E-state index in [0.717, 1.165) is 5.56 Å². The summed E-state index contributed by atoms with van der Waals surface area (Å²) in [5, 5.41) is 2.40. The predicted molar refractivity (Wildman–Crippen MR) is 59.7 cm³/mol. The zero-order valence-corrected chi connectivity index (χ0v) is 9.53. The van der Waals surface area contributed by atoms with Crippen molar-refractivity contribution in [3.63, 3.8) is 0 Å². The van der Waals surface area contributed by atoms with Gasteiger partial charge in [0.2, 0.25) is 0 Å². The minimum Gasteiger partial charge on any atom is -0.459 e. The number of amides is 1. The van der Waals surface area contributed by atoms with Crippen LogP contribution >= 0.6 is 0 Å². The summed E-state index contributed by atoms with van der Waals surface area (Å²) in [6.45, 7) is 1.39. The van der Waals surface area contributed by atoms with Crippen LogP contribution in [0.15, 0.2) is 24.3 Å². The van der Waals surface area contributed by atoms with Crippen LogP contribution in [0.3, 0.4) is 0 Å². The summed E-state index contributed by atoms with van der Waals surface area (Å²) in [6, 6.07) is 6.72. The first-order valence-electron chi connectivity index (χ1n) is 5.26. The van der Waals surface area contributed by atoms with Gasteiger partial charge in [-0.15, -0.1) is 0 Å². The summed E-state index contributed by atoms with van der Waals surface area (Å²) in [6.07, 6.45) is 0. The second-order valence-corrected chi connectivity index (χ2v) is 3.36. The van der Waals surface area contributed by atoms with Gasteiger partial charge in [-0.2, -0.15) is 0 Å². The van der Waals surface area contributed by atoms with Crippen LogP contribution in [-0.2, 0) is 27.5 Å². The van der Waals surface area contributed by atoms with Gasteiger partial charge in [0.05, 0.1) is 6.61 Å². The Bertz CT molecular complexity index is 406. The first-order valence-corrected chi connectivity index (χ1v) is 5.26. The Balaban J connectivity index is 2.49. The topological polar surface area (TPSA) is 55.4 Å². The molecule has 0 heterocycles. The first kappa shape index (κ1) is 13.2. The summed E-state index contributed by atoms with van der Waals surface area (Å²) in [5.74, 6) is -1.70. The fourth-order valence-electron chi connectivity index (χ4n) is 1.27. The van der Waals surface area contributed by atoms with Gasteiger partial charge in [0.1, 0.15) is 6.67 Å². The molecule has 0 bridgehead atoms. The van der Waals surface area contributed by atoms with E-state index in [2.05, 4.69) is 10.1 Å². The maximum atomic E-state index is 12.4. The highest BCUT2D eigenvalue weighted by atomic mass is 19.1. The van der Waals surface area contributed by atoms with Crippen molar-refractivity contribution in [2.24, 2.45) is 0 Å². The van der Waals surface area contributed by atoms with Gasteiger partial charge >= 0.3 is 11.9 Å². The zero-order valence-electron chi connectivity index (χ0n) is 9.53. The second-order valence-electron chi connectivity index (χ2n) is 3.36. The molecule has 0 atom stereocenters. The lowest BCUT2D eigenvalue weighted by atomic mass is 10.1. The molecule has 0 aromatic heterocycles. The molecule has 1 N–H and O–H groups in total. The molecule has 0 saturated heterocycles. The molecule has 0 unspecified atom stereocenters. The van der Waals surface area contributed by atoms with Crippen LogP contribution in [0.25, 0.3) is 0 Å². The lowest BCUT2D eigenvalue weighted by molar-refractivity contribution is -0.154. The number of ether oxygens (including phenoxy) is 1. The zero-order chi connectivity index (χ0) is 12.7. The molecule has 1 amide bonds. The monoisotopic (exact) mass is 239 g/mol. The quantitative estimate of drug-likeness (QED) is 0.637. The molecule has 0 spiro atoms. The van der Waals surface area contributed by atoms with Gasteiger partial charge in [-0.3, -0.25) is 4.79 Å². The highest BCUT2D eigenvalue weighted by Crippen LogP contribution is 2.06. The van der Waals surface area contributed by atoms with Gasteiger partial charge in [0.25, 0.3) is 0 Å². The van der Waals surface area contributed by atoms with E-state index in [-0.39, 0.29) is 13.2 Å². The van der Waals surface area contributed by atoms with Crippen molar-refractivity contribution in [1.82, 2.24) is 5.32 Å². The number of hydrogen-bond donors (Lipinski definition) is 1. The van der Waals surface area contributed by atoms with Gasteiger partial charge < -0.3 is 10.1 Å². The van der Waals surface area contributed by atoms with E-state index in [1.165, 1.54) is 0 Å². The lowest BCUT2D eigenvalue weighted by Crippen LogP contribution is -2.32. The van der Waals surface area contributed by atoms with Crippen LogP contribution in [-0.4, -0.2) is 18.5 Å². The molecule has 5 heteroatoms. The van der Waals surface area contributed by atoms with Gasteiger partial charge in [0, 0.05) is 6.54 Å². The van der Waals surface area contributed by atoms with Crippen LogP contribution in [0.2, 0.25) is 0 Å². The molecule has 0 radical (unpaired) electrons. The van der Waals surface area contributed by atoms with E-state index in [9.17, 15) is 14.0 Å². The normalized spacial score (nSPS) is 9.76. The summed E-state index contributed by atoms with van der Waals surface area (Å²) in [7, 11) is 0. The molecule has 17 heavy (non-hydrogen) atoms. The SMILES string of the molecule is CCOC(=O)C(=O)NCc1cccc(CF)c1. The molecule has 92 valence electrons. The average Bonchev–Trinajstić information content (AvgIpc) is 2.36. The Hall–Kier alpha value is -1.91. The largest absolute Gasteiger partial charge is 0.459 e. The molecule has 0 aliphatic rings. The van der Waals surface area contributed by atoms with E-state index in [1.807, 2.05) is 0 Å². The molecule has 1 aromatic rings. The molecule has 0 saturated carbocycles. The number of nitrogens with one attached hydrogen (secondary N) is 1. The number of hydrogen-bond acceptors (Lipinski definition) is 3. The molecule has 0 aliphatic carbocycles. The molecule has 0 aliphatic heterocycles. The third kappa shape index (κ3) is 4.22. The lowest BCUT2D eigenvalue weighted by Gasteiger charge is -2.05. The van der Waals surface area contributed by atoms with Crippen molar-refractivity contribution in [2.45, 2.75) is 20.1 Å². The van der Waals surface area contributed by atoms with E-state index < -0.39 is 18.6 Å². The minimum absolute atomic E-state index is 0.156. The average molecular weight is 239 g/mol. The minimum atomic E-state index is -0.908. The molecule has 4 nitrogen and oxygen atoms in total. The highest BCUT2D eigenvalue weighted by molar-refractivity contribution is 6.32. The third-order valence-corrected chi connectivity index (χ3v) is 2.06. The number of benzene rings is 1. The summed E-state index contributed by atoms with van der Waals surface area (Å²) >= 11 is 0. The molecular formula is C12H14FNO3. The number of esters is 1. The molecule has 0 fully saturated rings. The standard InChI is InChI=1S/C12H14FNO3/c1-2-17-12(16)11(15)14-8-10-5-3-4-9(6-10)7-13/h3-6H,2,7-8H2,1H3,(H,14,15). The number of alkyl halides is 1. The van der Waals surface area contributed by atoms with Crippen molar-refractivity contribution in [3.05, 3.63) is 35.4 Å². The Labute approximate surface area is 98.8 Å². The second kappa shape index (κ2) is 6.62. The smallest absolute Gasteiger partial charge is 0.396 e. The summed E-state index contributed by atoms with van der Waals surface area (Å²) < 4.78 is 16.9. The van der Waals surface area contributed by atoms with Crippen molar-refractivity contribution >= 4 is 11.9 Å². The van der Waals surface area contributed by atoms with E-state index >= 15 is 0 Å². The number of rotatable bonds is 4. The van der Waals surface area contributed by atoms with E-state index in [1.54, 1.807) is 31.2 Å². The number of halogens is 1. The predicted octanol–water partition coefficient (Wildman–Crippen LogP) is 1.34. The van der Waals surface area contributed by atoms with E-state index in [4.69, 9.17) is 0 Å². The van der Waals surface area contributed by atoms with Crippen LogP contribution in [0.4, 0.5) is 4.39 Å². The third-order valence-electron chi connectivity index (χ3n) is 2.06. The van der Waals surface area contributed by atoms with Gasteiger partial charge in [0.15, 0.2) is 0 Å². The first-order chi connectivity index (χ1) is 8.17. The highest BCUT2D eigenvalue weighted by Gasteiger charge is 2.13. The Morgan fingerprint density at radius 3 is 2.71 bits per heavy atom. The van der Waals surface area contributed by atoms with Crippen LogP contribution < -0.4 is 5.32 Å².